The molecular weight excluding hydrogens is 114 g/mol. The fraction of sp³-hybridized carbons (Fsp3) is 0.429. The molecular formula is C7H11NO. The number of rotatable bonds is 0. The van der Waals surface area contributed by atoms with Gasteiger partial charge in [0.1, 0.15) is 0 Å². The largest absolute Gasteiger partial charge is 0.288 e. The summed E-state index contributed by atoms with van der Waals surface area (Å²) in [5, 5.41) is 10.4. The number of nitrogens with zero attached hydrogens (tertiary/aromatic N) is 1. The van der Waals surface area contributed by atoms with Crippen LogP contribution in [0.4, 0.5) is 0 Å². The van der Waals surface area contributed by atoms with E-state index in [0.717, 1.165) is 5.70 Å². The van der Waals surface area contributed by atoms with E-state index in [-0.39, 0.29) is 6.04 Å². The molecule has 1 aliphatic heterocycles. The highest BCUT2D eigenvalue weighted by Crippen LogP contribution is 2.10. The summed E-state index contributed by atoms with van der Waals surface area (Å²) in [6.45, 7) is 3.81. The van der Waals surface area contributed by atoms with Gasteiger partial charge < -0.3 is 0 Å². The van der Waals surface area contributed by atoms with E-state index >= 15 is 0 Å². The van der Waals surface area contributed by atoms with E-state index < -0.39 is 0 Å². The second-order valence-electron chi connectivity index (χ2n) is 2.28. The Morgan fingerprint density at radius 3 is 2.78 bits per heavy atom. The van der Waals surface area contributed by atoms with Crippen molar-refractivity contribution in [1.82, 2.24) is 5.06 Å². The van der Waals surface area contributed by atoms with E-state index in [1.165, 1.54) is 5.06 Å². The maximum Gasteiger partial charge on any atom is 0.0714 e. The second kappa shape index (κ2) is 2.23. The summed E-state index contributed by atoms with van der Waals surface area (Å²) >= 11 is 0. The summed E-state index contributed by atoms with van der Waals surface area (Å²) < 4.78 is 0. The molecule has 1 N–H and O–H groups in total. The van der Waals surface area contributed by atoms with Gasteiger partial charge in [-0.2, -0.15) is 0 Å². The van der Waals surface area contributed by atoms with Gasteiger partial charge in [-0.25, -0.2) is 0 Å². The van der Waals surface area contributed by atoms with Crippen LogP contribution in [0, 0.1) is 0 Å². The van der Waals surface area contributed by atoms with Crippen molar-refractivity contribution in [3.63, 3.8) is 0 Å². The van der Waals surface area contributed by atoms with E-state index in [2.05, 4.69) is 0 Å². The zero-order chi connectivity index (χ0) is 6.85. The Hall–Kier alpha value is -0.760. The molecule has 50 valence electrons. The fourth-order valence-electron chi connectivity index (χ4n) is 0.835. The molecule has 0 aliphatic carbocycles. The summed E-state index contributed by atoms with van der Waals surface area (Å²) in [7, 11) is 0. The van der Waals surface area contributed by atoms with Crippen molar-refractivity contribution < 1.29 is 5.21 Å². The van der Waals surface area contributed by atoms with Crippen LogP contribution in [0.5, 0.6) is 0 Å². The smallest absolute Gasteiger partial charge is 0.0714 e. The summed E-state index contributed by atoms with van der Waals surface area (Å²) in [6, 6.07) is 0.120. The maximum absolute atomic E-state index is 9.16. The van der Waals surface area contributed by atoms with Gasteiger partial charge in [-0.1, -0.05) is 12.2 Å². The molecule has 2 heteroatoms. The minimum atomic E-state index is 0.120. The van der Waals surface area contributed by atoms with Crippen molar-refractivity contribution in [1.29, 1.82) is 0 Å². The fourth-order valence-corrected chi connectivity index (χ4v) is 0.835. The topological polar surface area (TPSA) is 23.5 Å². The minimum absolute atomic E-state index is 0.120. The summed E-state index contributed by atoms with van der Waals surface area (Å²) in [5.41, 5.74) is 0.894. The zero-order valence-electron chi connectivity index (χ0n) is 5.70. The number of hydroxylamine groups is 2. The Kier molecular flexibility index (Phi) is 1.58. The van der Waals surface area contributed by atoms with Crippen LogP contribution in [0.2, 0.25) is 0 Å². The second-order valence-corrected chi connectivity index (χ2v) is 2.28. The predicted molar refractivity (Wildman–Crippen MR) is 36.0 cm³/mol. The Morgan fingerprint density at radius 1 is 1.67 bits per heavy atom. The van der Waals surface area contributed by atoms with Crippen LogP contribution in [0.25, 0.3) is 0 Å². The molecule has 0 amide bonds. The molecule has 0 saturated carbocycles. The normalized spacial score (nSPS) is 26.3. The molecule has 0 saturated heterocycles. The lowest BCUT2D eigenvalue weighted by Gasteiger charge is -2.24. The first-order chi connectivity index (χ1) is 4.22. The molecule has 1 rings (SSSR count). The van der Waals surface area contributed by atoms with Gasteiger partial charge in [-0.05, 0) is 19.9 Å². The van der Waals surface area contributed by atoms with Gasteiger partial charge in [-0.15, -0.1) is 0 Å². The lowest BCUT2D eigenvalue weighted by molar-refractivity contribution is -0.0745. The van der Waals surface area contributed by atoms with E-state index in [9.17, 15) is 0 Å². The van der Waals surface area contributed by atoms with Gasteiger partial charge in [0.25, 0.3) is 0 Å². The van der Waals surface area contributed by atoms with E-state index in [1.807, 2.05) is 32.1 Å². The van der Waals surface area contributed by atoms with Crippen LogP contribution < -0.4 is 0 Å². The number of hydrogen-bond donors (Lipinski definition) is 1. The average molecular weight is 125 g/mol. The van der Waals surface area contributed by atoms with Crippen molar-refractivity contribution in [3.8, 4) is 0 Å². The average Bonchev–Trinajstić information content (AvgIpc) is 1.83. The van der Waals surface area contributed by atoms with Gasteiger partial charge in [0.05, 0.1) is 6.04 Å². The molecule has 0 aromatic heterocycles. The van der Waals surface area contributed by atoms with E-state index in [1.54, 1.807) is 0 Å². The minimum Gasteiger partial charge on any atom is -0.288 e. The molecule has 0 spiro atoms. The third kappa shape index (κ3) is 1.13. The molecule has 1 heterocycles. The van der Waals surface area contributed by atoms with Gasteiger partial charge in [0.2, 0.25) is 0 Å². The van der Waals surface area contributed by atoms with Crippen molar-refractivity contribution in [2.75, 3.05) is 0 Å². The third-order valence-electron chi connectivity index (χ3n) is 1.47. The van der Waals surface area contributed by atoms with E-state index in [0.29, 0.717) is 0 Å². The zero-order valence-corrected chi connectivity index (χ0v) is 5.70. The predicted octanol–water partition coefficient (Wildman–Crippen LogP) is 1.54. The molecule has 0 bridgehead atoms. The van der Waals surface area contributed by atoms with Crippen molar-refractivity contribution in [3.05, 3.63) is 23.9 Å². The van der Waals surface area contributed by atoms with Crippen LogP contribution in [0.15, 0.2) is 23.9 Å². The van der Waals surface area contributed by atoms with Crippen LogP contribution in [-0.4, -0.2) is 16.3 Å². The summed E-state index contributed by atoms with van der Waals surface area (Å²) in [5.74, 6) is 0. The summed E-state index contributed by atoms with van der Waals surface area (Å²) in [6.07, 6.45) is 5.76. The molecule has 0 fully saturated rings. The lowest BCUT2D eigenvalue weighted by atomic mass is 10.2. The Bertz CT molecular complexity index is 160. The van der Waals surface area contributed by atoms with Gasteiger partial charge in [0, 0.05) is 5.70 Å². The molecule has 0 aromatic rings. The Morgan fingerprint density at radius 2 is 2.33 bits per heavy atom. The third-order valence-corrected chi connectivity index (χ3v) is 1.47. The number of hydrogen-bond acceptors (Lipinski definition) is 2. The van der Waals surface area contributed by atoms with Crippen molar-refractivity contribution >= 4 is 0 Å². The molecule has 1 aliphatic rings. The number of allylic oxidation sites excluding steroid dienone is 3. The van der Waals surface area contributed by atoms with Crippen LogP contribution in [0.3, 0.4) is 0 Å². The first-order valence-corrected chi connectivity index (χ1v) is 3.05. The molecule has 0 radical (unpaired) electrons. The first kappa shape index (κ1) is 6.36. The van der Waals surface area contributed by atoms with Crippen molar-refractivity contribution in [2.24, 2.45) is 0 Å². The van der Waals surface area contributed by atoms with Gasteiger partial charge in [-0.3, -0.25) is 10.3 Å². The standard InChI is InChI=1S/C7H11NO/c1-6-4-3-5-7(2)8(6)9/h3-6,9H,1-2H3. The van der Waals surface area contributed by atoms with Crippen LogP contribution in [-0.2, 0) is 0 Å². The lowest BCUT2D eigenvalue weighted by Crippen LogP contribution is -2.27. The quantitative estimate of drug-likeness (QED) is 0.530. The highest BCUT2D eigenvalue weighted by molar-refractivity contribution is 5.16. The monoisotopic (exact) mass is 125 g/mol. The maximum atomic E-state index is 9.16. The Balaban J connectivity index is 2.73. The highest BCUT2D eigenvalue weighted by Gasteiger charge is 2.09. The van der Waals surface area contributed by atoms with Crippen LogP contribution >= 0.6 is 0 Å². The van der Waals surface area contributed by atoms with Crippen LogP contribution in [0.1, 0.15) is 13.8 Å². The molecule has 1 unspecified atom stereocenters. The SMILES string of the molecule is CC1=CC=CC(C)N1O. The molecule has 9 heavy (non-hydrogen) atoms. The molecule has 0 aromatic carbocycles. The van der Waals surface area contributed by atoms with Crippen molar-refractivity contribution in [2.45, 2.75) is 19.9 Å². The molecule has 2 nitrogen and oxygen atoms in total. The molecule has 1 atom stereocenters. The highest BCUT2D eigenvalue weighted by atomic mass is 16.5. The van der Waals surface area contributed by atoms with Gasteiger partial charge in [0.15, 0.2) is 0 Å². The van der Waals surface area contributed by atoms with Gasteiger partial charge >= 0.3 is 0 Å². The summed E-state index contributed by atoms with van der Waals surface area (Å²) in [4.78, 5) is 0. The van der Waals surface area contributed by atoms with E-state index in [4.69, 9.17) is 5.21 Å². The first-order valence-electron chi connectivity index (χ1n) is 3.05. The Labute approximate surface area is 55.1 Å².